The highest BCUT2D eigenvalue weighted by Gasteiger charge is 2.17. The maximum absolute atomic E-state index is 11.1. The van der Waals surface area contributed by atoms with E-state index in [4.69, 9.17) is 10.2 Å². The van der Waals surface area contributed by atoms with E-state index in [0.29, 0.717) is 6.54 Å². The molecule has 0 saturated carbocycles. The van der Waals surface area contributed by atoms with Gasteiger partial charge in [-0.15, -0.1) is 0 Å². The molecule has 82 valence electrons. The maximum Gasteiger partial charge on any atom is 0.328 e. The van der Waals surface area contributed by atoms with E-state index in [0.717, 1.165) is 6.54 Å². The minimum atomic E-state index is -1.23. The molecule has 0 heterocycles. The zero-order valence-corrected chi connectivity index (χ0v) is 8.12. The first kappa shape index (κ1) is 12.9. The molecule has 0 radical (unpaired) electrons. The number of carbonyl (C=O) groups is 2. The first-order valence-electron chi connectivity index (χ1n) is 4.45. The molecule has 0 aliphatic heterocycles. The molecule has 0 bridgehead atoms. The molecular weight excluding hydrogens is 188 g/mol. The number of nitrogens with one attached hydrogen (secondary N) is 2. The smallest absolute Gasteiger partial charge is 0.328 e. The molecule has 0 fully saturated rings. The van der Waals surface area contributed by atoms with Gasteiger partial charge in [0.15, 0.2) is 0 Å². The molecule has 0 aromatic carbocycles. The van der Waals surface area contributed by atoms with Crippen molar-refractivity contribution >= 4 is 11.9 Å². The minimum absolute atomic E-state index is 0.206. The van der Waals surface area contributed by atoms with Crippen molar-refractivity contribution < 1.29 is 19.8 Å². The lowest BCUT2D eigenvalue weighted by Gasteiger charge is -2.11. The molecule has 0 aromatic rings. The molecule has 6 nitrogen and oxygen atoms in total. The Morgan fingerprint density at radius 1 is 1.43 bits per heavy atom. The number of hydrogen-bond donors (Lipinski definition) is 4. The average Bonchev–Trinajstić information content (AvgIpc) is 2.14. The number of carboxylic acid groups (broad SMARTS) is 1. The van der Waals surface area contributed by atoms with E-state index in [1.807, 2.05) is 6.92 Å². The Morgan fingerprint density at radius 2 is 2.07 bits per heavy atom. The summed E-state index contributed by atoms with van der Waals surface area (Å²) in [5.74, 6) is -1.61. The molecule has 0 aliphatic rings. The summed E-state index contributed by atoms with van der Waals surface area (Å²) in [6.07, 6.45) is 0.206. The van der Waals surface area contributed by atoms with Crippen molar-refractivity contribution in [2.75, 3.05) is 19.7 Å². The van der Waals surface area contributed by atoms with Gasteiger partial charge in [0, 0.05) is 13.0 Å². The fraction of sp³-hybridized carbons (Fsp3) is 0.750. The molecule has 0 saturated heterocycles. The fourth-order valence-corrected chi connectivity index (χ4v) is 0.831. The molecule has 14 heavy (non-hydrogen) atoms. The Kier molecular flexibility index (Phi) is 6.69. The summed E-state index contributed by atoms with van der Waals surface area (Å²) in [7, 11) is 0. The van der Waals surface area contributed by atoms with E-state index in [-0.39, 0.29) is 12.3 Å². The van der Waals surface area contributed by atoms with Gasteiger partial charge in [-0.25, -0.2) is 4.79 Å². The summed E-state index contributed by atoms with van der Waals surface area (Å²) in [6, 6.07) is -1.20. The van der Waals surface area contributed by atoms with E-state index in [9.17, 15) is 9.59 Å². The highest BCUT2D eigenvalue weighted by atomic mass is 16.4. The molecule has 1 atom stereocenters. The molecule has 4 N–H and O–H groups in total. The van der Waals surface area contributed by atoms with Crippen molar-refractivity contribution in [3.8, 4) is 0 Å². The van der Waals surface area contributed by atoms with Crippen LogP contribution in [0.2, 0.25) is 0 Å². The fourth-order valence-electron chi connectivity index (χ4n) is 0.831. The van der Waals surface area contributed by atoms with Gasteiger partial charge in [-0.1, -0.05) is 6.92 Å². The van der Waals surface area contributed by atoms with Crippen molar-refractivity contribution in [2.24, 2.45) is 0 Å². The van der Waals surface area contributed by atoms with Crippen LogP contribution in [-0.2, 0) is 9.59 Å². The molecule has 0 spiro atoms. The largest absolute Gasteiger partial charge is 0.480 e. The monoisotopic (exact) mass is 204 g/mol. The topological polar surface area (TPSA) is 98.7 Å². The molecule has 0 aliphatic carbocycles. The third-order valence-corrected chi connectivity index (χ3v) is 1.59. The van der Waals surface area contributed by atoms with Gasteiger partial charge >= 0.3 is 5.97 Å². The van der Waals surface area contributed by atoms with E-state index in [2.05, 4.69) is 10.6 Å². The van der Waals surface area contributed by atoms with E-state index in [1.165, 1.54) is 0 Å². The second kappa shape index (κ2) is 7.28. The van der Waals surface area contributed by atoms with Gasteiger partial charge in [0.1, 0.15) is 6.04 Å². The average molecular weight is 204 g/mol. The summed E-state index contributed by atoms with van der Waals surface area (Å²) < 4.78 is 0. The summed E-state index contributed by atoms with van der Waals surface area (Å²) in [5.41, 5.74) is 0. The van der Waals surface area contributed by atoms with Crippen LogP contribution in [0.25, 0.3) is 0 Å². The lowest BCUT2D eigenvalue weighted by Crippen LogP contribution is -2.44. The van der Waals surface area contributed by atoms with Crippen LogP contribution in [0.15, 0.2) is 0 Å². The maximum atomic E-state index is 11.1. The number of carbonyl (C=O) groups excluding carboxylic acids is 1. The molecular formula is C8H16N2O4. The molecule has 0 aromatic heterocycles. The van der Waals surface area contributed by atoms with E-state index in [1.54, 1.807) is 0 Å². The Labute approximate surface area is 82.3 Å². The van der Waals surface area contributed by atoms with Crippen molar-refractivity contribution in [1.82, 2.24) is 10.6 Å². The SMILES string of the molecule is CCNCCC(=O)N[C@H](CO)C(=O)O. The van der Waals surface area contributed by atoms with Gasteiger partial charge in [0.25, 0.3) is 0 Å². The third-order valence-electron chi connectivity index (χ3n) is 1.59. The van der Waals surface area contributed by atoms with Gasteiger partial charge in [-0.05, 0) is 6.54 Å². The van der Waals surface area contributed by atoms with Crippen molar-refractivity contribution in [3.05, 3.63) is 0 Å². The minimum Gasteiger partial charge on any atom is -0.480 e. The number of hydrogen-bond acceptors (Lipinski definition) is 4. The summed E-state index contributed by atoms with van der Waals surface area (Å²) in [5, 5.41) is 22.2. The highest BCUT2D eigenvalue weighted by molar-refractivity contribution is 5.83. The number of aliphatic hydroxyl groups is 1. The number of carboxylic acids is 1. The normalized spacial score (nSPS) is 12.1. The Hall–Kier alpha value is -1.14. The van der Waals surface area contributed by atoms with Crippen LogP contribution in [0, 0.1) is 0 Å². The van der Waals surface area contributed by atoms with Gasteiger partial charge < -0.3 is 20.8 Å². The van der Waals surface area contributed by atoms with Crippen LogP contribution < -0.4 is 10.6 Å². The number of amides is 1. The van der Waals surface area contributed by atoms with Crippen LogP contribution in [0.3, 0.4) is 0 Å². The second-order valence-corrected chi connectivity index (χ2v) is 2.74. The van der Waals surface area contributed by atoms with Gasteiger partial charge in [0.2, 0.25) is 5.91 Å². The highest BCUT2D eigenvalue weighted by Crippen LogP contribution is 1.85. The predicted molar refractivity (Wildman–Crippen MR) is 49.8 cm³/mol. The van der Waals surface area contributed by atoms with Gasteiger partial charge in [0.05, 0.1) is 6.61 Å². The van der Waals surface area contributed by atoms with Crippen LogP contribution in [0.1, 0.15) is 13.3 Å². The predicted octanol–water partition coefficient (Wildman–Crippen LogP) is -1.45. The van der Waals surface area contributed by atoms with Crippen molar-refractivity contribution in [3.63, 3.8) is 0 Å². The first-order chi connectivity index (χ1) is 6.61. The van der Waals surface area contributed by atoms with E-state index < -0.39 is 18.6 Å². The zero-order chi connectivity index (χ0) is 11.0. The number of rotatable bonds is 7. The van der Waals surface area contributed by atoms with Crippen molar-refractivity contribution in [1.29, 1.82) is 0 Å². The first-order valence-corrected chi connectivity index (χ1v) is 4.45. The van der Waals surface area contributed by atoms with Crippen LogP contribution in [0.4, 0.5) is 0 Å². The molecule has 6 heteroatoms. The van der Waals surface area contributed by atoms with Crippen LogP contribution in [-0.4, -0.2) is 47.8 Å². The second-order valence-electron chi connectivity index (χ2n) is 2.74. The molecule has 0 unspecified atom stereocenters. The Balaban J connectivity index is 3.74. The lowest BCUT2D eigenvalue weighted by atomic mass is 10.3. The third kappa shape index (κ3) is 5.50. The zero-order valence-electron chi connectivity index (χ0n) is 8.12. The van der Waals surface area contributed by atoms with Gasteiger partial charge in [-0.2, -0.15) is 0 Å². The van der Waals surface area contributed by atoms with Crippen LogP contribution >= 0.6 is 0 Å². The van der Waals surface area contributed by atoms with Crippen LogP contribution in [0.5, 0.6) is 0 Å². The van der Waals surface area contributed by atoms with E-state index >= 15 is 0 Å². The van der Waals surface area contributed by atoms with Gasteiger partial charge in [-0.3, -0.25) is 4.79 Å². The summed E-state index contributed by atoms with van der Waals surface area (Å²) >= 11 is 0. The standard InChI is InChI=1S/C8H16N2O4/c1-2-9-4-3-7(12)10-6(5-11)8(13)14/h6,9,11H,2-5H2,1H3,(H,10,12)(H,13,14)/t6-/m1/s1. The quantitative estimate of drug-likeness (QED) is 0.380. The van der Waals surface area contributed by atoms with Crippen molar-refractivity contribution in [2.45, 2.75) is 19.4 Å². The summed E-state index contributed by atoms with van der Waals surface area (Å²) in [6.45, 7) is 2.57. The lowest BCUT2D eigenvalue weighted by molar-refractivity contribution is -0.142. The number of aliphatic carboxylic acids is 1. The molecule has 0 rings (SSSR count). The Morgan fingerprint density at radius 3 is 2.50 bits per heavy atom. The number of aliphatic hydroxyl groups excluding tert-OH is 1. The molecule has 1 amide bonds. The Bertz CT molecular complexity index is 196. The summed E-state index contributed by atoms with van der Waals surface area (Å²) in [4.78, 5) is 21.5.